The molecule has 0 aromatic heterocycles. The van der Waals surface area contributed by atoms with Crippen molar-refractivity contribution in [2.45, 2.75) is 0 Å². The molecule has 1 rings (SSSR count). The third-order valence-corrected chi connectivity index (χ3v) is 2.63. The van der Waals surface area contributed by atoms with Gasteiger partial charge in [0.25, 0.3) is 5.69 Å². The summed E-state index contributed by atoms with van der Waals surface area (Å²) >= 11 is 5.51. The number of hydrogen-bond donors (Lipinski definition) is 2. The van der Waals surface area contributed by atoms with E-state index < -0.39 is 10.7 Å². The Labute approximate surface area is 115 Å². The minimum absolute atomic E-state index is 0.112. The van der Waals surface area contributed by atoms with Crippen molar-refractivity contribution in [3.63, 3.8) is 0 Å². The van der Waals surface area contributed by atoms with Crippen molar-refractivity contribution in [2.75, 3.05) is 38.7 Å². The molecular weight excluding hydrogens is 277 g/mol. The first-order valence-electron chi connectivity index (χ1n) is 5.63. The van der Waals surface area contributed by atoms with E-state index in [9.17, 15) is 14.5 Å². The van der Waals surface area contributed by atoms with E-state index in [2.05, 4.69) is 10.6 Å². The van der Waals surface area contributed by atoms with Crippen LogP contribution >= 0.6 is 11.6 Å². The standard InChI is InChI=1S/C11H15ClFN3O3/c1-19-5-4-14-2-3-15-10-7-9(13)8(12)6-11(10)16(17)18/h6-7,14-15H,2-5H2,1H3. The lowest BCUT2D eigenvalue weighted by molar-refractivity contribution is -0.384. The molecule has 0 aliphatic heterocycles. The summed E-state index contributed by atoms with van der Waals surface area (Å²) in [5.74, 6) is -0.692. The predicted octanol–water partition coefficient (Wildman–Crippen LogP) is 2.04. The van der Waals surface area contributed by atoms with E-state index in [0.29, 0.717) is 26.2 Å². The molecule has 0 amide bonds. The van der Waals surface area contributed by atoms with Gasteiger partial charge in [-0.05, 0) is 0 Å². The van der Waals surface area contributed by atoms with Crippen LogP contribution in [-0.2, 0) is 4.74 Å². The fourth-order valence-corrected chi connectivity index (χ4v) is 1.57. The van der Waals surface area contributed by atoms with E-state index in [4.69, 9.17) is 16.3 Å². The topological polar surface area (TPSA) is 76.4 Å². The summed E-state index contributed by atoms with van der Waals surface area (Å²) in [4.78, 5) is 10.2. The van der Waals surface area contributed by atoms with E-state index in [0.717, 1.165) is 12.1 Å². The summed E-state index contributed by atoms with van der Waals surface area (Å²) < 4.78 is 18.1. The molecule has 0 bridgehead atoms. The van der Waals surface area contributed by atoms with E-state index in [1.165, 1.54) is 0 Å². The summed E-state index contributed by atoms with van der Waals surface area (Å²) in [5, 5.41) is 16.4. The Morgan fingerprint density at radius 3 is 2.79 bits per heavy atom. The average Bonchev–Trinajstić information content (AvgIpc) is 2.37. The number of nitrogens with one attached hydrogen (secondary N) is 2. The first kappa shape index (κ1) is 15.6. The summed E-state index contributed by atoms with van der Waals surface area (Å²) in [6, 6.07) is 2.02. The van der Waals surface area contributed by atoms with Gasteiger partial charge in [0.05, 0.1) is 16.6 Å². The van der Waals surface area contributed by atoms with Crippen molar-refractivity contribution < 1.29 is 14.1 Å². The van der Waals surface area contributed by atoms with Gasteiger partial charge in [0.2, 0.25) is 0 Å². The van der Waals surface area contributed by atoms with Gasteiger partial charge in [-0.1, -0.05) is 11.6 Å². The van der Waals surface area contributed by atoms with Crippen LogP contribution in [0.4, 0.5) is 15.8 Å². The minimum atomic E-state index is -0.692. The second-order valence-electron chi connectivity index (χ2n) is 3.71. The number of hydrogen-bond acceptors (Lipinski definition) is 5. The maximum absolute atomic E-state index is 13.3. The third-order valence-electron chi connectivity index (χ3n) is 2.34. The highest BCUT2D eigenvalue weighted by molar-refractivity contribution is 6.31. The zero-order chi connectivity index (χ0) is 14.3. The molecule has 0 saturated heterocycles. The maximum atomic E-state index is 13.3. The van der Waals surface area contributed by atoms with Crippen molar-refractivity contribution in [3.8, 4) is 0 Å². The highest BCUT2D eigenvalue weighted by Crippen LogP contribution is 2.29. The molecule has 0 heterocycles. The number of anilines is 1. The van der Waals surface area contributed by atoms with Crippen LogP contribution in [0.2, 0.25) is 5.02 Å². The lowest BCUT2D eigenvalue weighted by Gasteiger charge is -2.08. The highest BCUT2D eigenvalue weighted by Gasteiger charge is 2.17. The van der Waals surface area contributed by atoms with Crippen molar-refractivity contribution in [2.24, 2.45) is 0 Å². The van der Waals surface area contributed by atoms with Crippen LogP contribution < -0.4 is 10.6 Å². The van der Waals surface area contributed by atoms with Gasteiger partial charge in [0.15, 0.2) is 0 Å². The SMILES string of the molecule is COCCNCCNc1cc(F)c(Cl)cc1[N+](=O)[O-]. The Balaban J connectivity index is 2.57. The molecule has 0 atom stereocenters. The number of nitrogens with zero attached hydrogens (tertiary/aromatic N) is 1. The van der Waals surface area contributed by atoms with Crippen LogP contribution in [0.15, 0.2) is 12.1 Å². The van der Waals surface area contributed by atoms with Crippen molar-refractivity contribution >= 4 is 23.0 Å². The summed E-state index contributed by atoms with van der Waals surface area (Å²) in [6.07, 6.45) is 0. The van der Waals surface area contributed by atoms with Crippen LogP contribution in [0.3, 0.4) is 0 Å². The highest BCUT2D eigenvalue weighted by atomic mass is 35.5. The number of nitro benzene ring substituents is 1. The van der Waals surface area contributed by atoms with Crippen LogP contribution in [0.25, 0.3) is 0 Å². The van der Waals surface area contributed by atoms with E-state index in [1.54, 1.807) is 7.11 Å². The van der Waals surface area contributed by atoms with Gasteiger partial charge < -0.3 is 15.4 Å². The summed E-state index contributed by atoms with van der Waals surface area (Å²) in [5.41, 5.74) is -0.135. The van der Waals surface area contributed by atoms with Gasteiger partial charge in [-0.3, -0.25) is 10.1 Å². The molecule has 2 N–H and O–H groups in total. The quantitative estimate of drug-likeness (QED) is 0.435. The summed E-state index contributed by atoms with van der Waals surface area (Å²) in [7, 11) is 1.60. The zero-order valence-corrected chi connectivity index (χ0v) is 11.2. The molecule has 1 aromatic rings. The van der Waals surface area contributed by atoms with E-state index in [-0.39, 0.29) is 16.4 Å². The van der Waals surface area contributed by atoms with E-state index >= 15 is 0 Å². The smallest absolute Gasteiger partial charge is 0.294 e. The van der Waals surface area contributed by atoms with Gasteiger partial charge in [0, 0.05) is 38.9 Å². The third kappa shape index (κ3) is 4.98. The molecule has 1 aromatic carbocycles. The maximum Gasteiger partial charge on any atom is 0.294 e. The molecule has 106 valence electrons. The lowest BCUT2D eigenvalue weighted by atomic mass is 10.2. The van der Waals surface area contributed by atoms with Crippen molar-refractivity contribution in [3.05, 3.63) is 33.1 Å². The molecular formula is C11H15ClFN3O3. The molecule has 0 spiro atoms. The van der Waals surface area contributed by atoms with Crippen LogP contribution in [0, 0.1) is 15.9 Å². The fraction of sp³-hybridized carbons (Fsp3) is 0.455. The van der Waals surface area contributed by atoms with Crippen molar-refractivity contribution in [1.82, 2.24) is 5.32 Å². The first-order chi connectivity index (χ1) is 9.06. The average molecular weight is 292 g/mol. The normalized spacial score (nSPS) is 10.5. The number of benzene rings is 1. The van der Waals surface area contributed by atoms with Crippen molar-refractivity contribution in [1.29, 1.82) is 0 Å². The molecule has 0 aliphatic rings. The molecule has 0 unspecified atom stereocenters. The molecule has 0 saturated carbocycles. The van der Waals surface area contributed by atoms with Gasteiger partial charge in [-0.15, -0.1) is 0 Å². The first-order valence-corrected chi connectivity index (χ1v) is 6.01. The predicted molar refractivity (Wildman–Crippen MR) is 71.3 cm³/mol. The monoisotopic (exact) mass is 291 g/mol. The Morgan fingerprint density at radius 2 is 2.16 bits per heavy atom. The summed E-state index contributed by atoms with van der Waals surface area (Å²) in [6.45, 7) is 2.25. The Hall–Kier alpha value is -1.44. The number of methoxy groups -OCH3 is 1. The Bertz CT molecular complexity index is 445. The number of nitro groups is 1. The number of halogens is 2. The van der Waals surface area contributed by atoms with E-state index in [1.807, 2.05) is 0 Å². The zero-order valence-electron chi connectivity index (χ0n) is 10.4. The molecule has 8 heteroatoms. The van der Waals surface area contributed by atoms with Gasteiger partial charge in [-0.25, -0.2) is 4.39 Å². The second kappa shape index (κ2) is 7.88. The Morgan fingerprint density at radius 1 is 1.42 bits per heavy atom. The number of rotatable bonds is 8. The minimum Gasteiger partial charge on any atom is -0.383 e. The van der Waals surface area contributed by atoms with Gasteiger partial charge >= 0.3 is 0 Å². The molecule has 19 heavy (non-hydrogen) atoms. The van der Waals surface area contributed by atoms with Gasteiger partial charge in [-0.2, -0.15) is 0 Å². The Kier molecular flexibility index (Phi) is 6.48. The molecule has 0 aliphatic carbocycles. The van der Waals surface area contributed by atoms with Crippen LogP contribution in [-0.4, -0.2) is 38.3 Å². The lowest BCUT2D eigenvalue weighted by Crippen LogP contribution is -2.25. The fourth-order valence-electron chi connectivity index (χ4n) is 1.41. The molecule has 0 radical (unpaired) electrons. The molecule has 0 fully saturated rings. The van der Waals surface area contributed by atoms with Crippen LogP contribution in [0.1, 0.15) is 0 Å². The second-order valence-corrected chi connectivity index (χ2v) is 4.12. The van der Waals surface area contributed by atoms with Crippen LogP contribution in [0.5, 0.6) is 0 Å². The van der Waals surface area contributed by atoms with Gasteiger partial charge in [0.1, 0.15) is 11.5 Å². The number of ether oxygens (including phenoxy) is 1. The largest absolute Gasteiger partial charge is 0.383 e. The molecule has 6 nitrogen and oxygen atoms in total.